The van der Waals surface area contributed by atoms with Gasteiger partial charge in [-0.1, -0.05) is 12.1 Å². The third-order valence-electron chi connectivity index (χ3n) is 3.66. The molecule has 1 aromatic heterocycles. The molecule has 25 heavy (non-hydrogen) atoms. The fraction of sp³-hybridized carbons (Fsp3) is 0.353. The zero-order valence-corrected chi connectivity index (χ0v) is 13.7. The van der Waals surface area contributed by atoms with E-state index in [-0.39, 0.29) is 24.8 Å². The summed E-state index contributed by atoms with van der Waals surface area (Å²) in [7, 11) is 0. The monoisotopic (exact) mass is 346 g/mol. The van der Waals surface area contributed by atoms with Crippen molar-refractivity contribution in [3.8, 4) is 5.75 Å². The van der Waals surface area contributed by atoms with E-state index < -0.39 is 5.82 Å². The standard InChI is InChI=1S/C17H19FN4O3/c18-14-3-1-2-4-15(14)25-12-16(23)20-11-13-5-6-19-17(21-13)22-7-9-24-10-8-22/h1-6H,7-12H2,(H,20,23). The summed E-state index contributed by atoms with van der Waals surface area (Å²) in [5.41, 5.74) is 0.690. The lowest BCUT2D eigenvalue weighted by molar-refractivity contribution is -0.123. The van der Waals surface area contributed by atoms with Crippen LogP contribution in [-0.4, -0.2) is 48.8 Å². The summed E-state index contributed by atoms with van der Waals surface area (Å²) in [6, 6.07) is 7.69. The number of amides is 1. The van der Waals surface area contributed by atoms with E-state index in [2.05, 4.69) is 15.3 Å². The summed E-state index contributed by atoms with van der Waals surface area (Å²) >= 11 is 0. The van der Waals surface area contributed by atoms with E-state index in [0.717, 1.165) is 13.1 Å². The van der Waals surface area contributed by atoms with E-state index in [1.807, 2.05) is 4.90 Å². The molecule has 0 radical (unpaired) electrons. The molecule has 1 N–H and O–H groups in total. The van der Waals surface area contributed by atoms with Crippen LogP contribution in [-0.2, 0) is 16.1 Å². The molecule has 1 aliphatic heterocycles. The highest BCUT2D eigenvalue weighted by atomic mass is 19.1. The number of nitrogens with zero attached hydrogens (tertiary/aromatic N) is 3. The Morgan fingerprint density at radius 1 is 1.28 bits per heavy atom. The minimum absolute atomic E-state index is 0.0503. The molecule has 7 nitrogen and oxygen atoms in total. The highest BCUT2D eigenvalue weighted by molar-refractivity contribution is 5.77. The average molecular weight is 346 g/mol. The maximum atomic E-state index is 13.4. The number of para-hydroxylation sites is 1. The van der Waals surface area contributed by atoms with Gasteiger partial charge in [0.1, 0.15) is 0 Å². The number of hydrogen-bond acceptors (Lipinski definition) is 6. The van der Waals surface area contributed by atoms with Crippen molar-refractivity contribution in [3.05, 3.63) is 48.0 Å². The van der Waals surface area contributed by atoms with Crippen molar-refractivity contribution in [2.45, 2.75) is 6.54 Å². The van der Waals surface area contributed by atoms with Crippen molar-refractivity contribution >= 4 is 11.9 Å². The molecule has 0 spiro atoms. The highest BCUT2D eigenvalue weighted by Gasteiger charge is 2.14. The van der Waals surface area contributed by atoms with Gasteiger partial charge in [0.2, 0.25) is 5.95 Å². The Kier molecular flexibility index (Phi) is 5.73. The number of halogens is 1. The van der Waals surface area contributed by atoms with Crippen molar-refractivity contribution in [1.82, 2.24) is 15.3 Å². The Balaban J connectivity index is 1.49. The number of aromatic nitrogens is 2. The fourth-order valence-electron chi connectivity index (χ4n) is 2.34. The summed E-state index contributed by atoms with van der Waals surface area (Å²) in [4.78, 5) is 22.6. The van der Waals surface area contributed by atoms with Crippen LogP contribution in [0.4, 0.5) is 10.3 Å². The lowest BCUT2D eigenvalue weighted by Gasteiger charge is -2.26. The van der Waals surface area contributed by atoms with Gasteiger partial charge in [0.25, 0.3) is 5.91 Å². The molecule has 0 atom stereocenters. The van der Waals surface area contributed by atoms with Gasteiger partial charge in [-0.3, -0.25) is 4.79 Å². The fourth-order valence-corrected chi connectivity index (χ4v) is 2.34. The van der Waals surface area contributed by atoms with Crippen LogP contribution in [0.2, 0.25) is 0 Å². The van der Waals surface area contributed by atoms with Crippen LogP contribution < -0.4 is 15.0 Å². The van der Waals surface area contributed by atoms with Gasteiger partial charge >= 0.3 is 0 Å². The second-order valence-corrected chi connectivity index (χ2v) is 5.44. The molecule has 1 saturated heterocycles. The second kappa shape index (κ2) is 8.39. The second-order valence-electron chi connectivity index (χ2n) is 5.44. The SMILES string of the molecule is O=C(COc1ccccc1F)NCc1ccnc(N2CCOCC2)n1. The van der Waals surface area contributed by atoms with Crippen LogP contribution in [0.5, 0.6) is 5.75 Å². The molecule has 1 aliphatic rings. The number of rotatable bonds is 6. The first-order chi connectivity index (χ1) is 12.2. The number of carbonyl (C=O) groups excluding carboxylic acids is 1. The van der Waals surface area contributed by atoms with Crippen LogP contribution in [0.3, 0.4) is 0 Å². The summed E-state index contributed by atoms with van der Waals surface area (Å²) < 4.78 is 23.9. The van der Waals surface area contributed by atoms with Gasteiger partial charge in [-0.25, -0.2) is 14.4 Å². The molecular formula is C17H19FN4O3. The summed E-state index contributed by atoms with van der Waals surface area (Å²) in [6.45, 7) is 2.77. The molecular weight excluding hydrogens is 327 g/mol. The number of carbonyl (C=O) groups is 1. The molecule has 132 valence electrons. The zero-order chi connectivity index (χ0) is 17.5. The Labute approximate surface area is 144 Å². The van der Waals surface area contributed by atoms with Crippen LogP contribution in [0.15, 0.2) is 36.5 Å². The third kappa shape index (κ3) is 4.87. The zero-order valence-electron chi connectivity index (χ0n) is 13.7. The average Bonchev–Trinajstić information content (AvgIpc) is 2.67. The van der Waals surface area contributed by atoms with Gasteiger partial charge < -0.3 is 19.7 Å². The normalized spacial score (nSPS) is 14.2. The van der Waals surface area contributed by atoms with Crippen molar-refractivity contribution in [2.75, 3.05) is 37.8 Å². The molecule has 1 aromatic carbocycles. The van der Waals surface area contributed by atoms with E-state index in [9.17, 15) is 9.18 Å². The van der Waals surface area contributed by atoms with Crippen molar-refractivity contribution < 1.29 is 18.7 Å². The summed E-state index contributed by atoms with van der Waals surface area (Å²) in [6.07, 6.45) is 1.66. The minimum atomic E-state index is -0.499. The van der Waals surface area contributed by atoms with E-state index in [0.29, 0.717) is 24.9 Å². The predicted octanol–water partition coefficient (Wildman–Crippen LogP) is 1.15. The smallest absolute Gasteiger partial charge is 0.258 e. The number of morpholine rings is 1. The lowest BCUT2D eigenvalue weighted by atomic mass is 10.3. The Hall–Kier alpha value is -2.74. The molecule has 1 fully saturated rings. The van der Waals surface area contributed by atoms with Crippen LogP contribution in [0, 0.1) is 5.82 Å². The van der Waals surface area contributed by atoms with Gasteiger partial charge in [-0.15, -0.1) is 0 Å². The van der Waals surface area contributed by atoms with E-state index in [1.54, 1.807) is 24.4 Å². The molecule has 3 rings (SSSR count). The van der Waals surface area contributed by atoms with Crippen LogP contribution >= 0.6 is 0 Å². The molecule has 0 aliphatic carbocycles. The molecule has 0 unspecified atom stereocenters. The number of benzene rings is 1. The molecule has 0 saturated carbocycles. The summed E-state index contributed by atoms with van der Waals surface area (Å²) in [5, 5.41) is 2.70. The highest BCUT2D eigenvalue weighted by Crippen LogP contribution is 2.15. The first kappa shape index (κ1) is 17.1. The van der Waals surface area contributed by atoms with Crippen molar-refractivity contribution in [3.63, 3.8) is 0 Å². The Bertz CT molecular complexity index is 723. The van der Waals surface area contributed by atoms with E-state index in [1.165, 1.54) is 12.1 Å². The Morgan fingerprint density at radius 2 is 2.08 bits per heavy atom. The molecule has 2 heterocycles. The summed E-state index contributed by atoms with van der Waals surface area (Å²) in [5.74, 6) is -0.178. The van der Waals surface area contributed by atoms with Crippen molar-refractivity contribution in [2.24, 2.45) is 0 Å². The van der Waals surface area contributed by atoms with Gasteiger partial charge in [0.05, 0.1) is 25.5 Å². The van der Waals surface area contributed by atoms with Crippen LogP contribution in [0.25, 0.3) is 0 Å². The lowest BCUT2D eigenvalue weighted by Crippen LogP contribution is -2.37. The first-order valence-electron chi connectivity index (χ1n) is 8.01. The van der Waals surface area contributed by atoms with E-state index >= 15 is 0 Å². The van der Waals surface area contributed by atoms with Gasteiger partial charge in [-0.2, -0.15) is 0 Å². The third-order valence-corrected chi connectivity index (χ3v) is 3.66. The van der Waals surface area contributed by atoms with Crippen molar-refractivity contribution in [1.29, 1.82) is 0 Å². The van der Waals surface area contributed by atoms with Crippen LogP contribution in [0.1, 0.15) is 5.69 Å². The first-order valence-corrected chi connectivity index (χ1v) is 8.01. The topological polar surface area (TPSA) is 76.6 Å². The molecule has 2 aromatic rings. The van der Waals surface area contributed by atoms with Gasteiger partial charge in [0, 0.05) is 19.3 Å². The maximum Gasteiger partial charge on any atom is 0.258 e. The largest absolute Gasteiger partial charge is 0.481 e. The van der Waals surface area contributed by atoms with E-state index in [4.69, 9.17) is 9.47 Å². The molecule has 1 amide bonds. The number of anilines is 1. The van der Waals surface area contributed by atoms with Gasteiger partial charge in [0.15, 0.2) is 18.2 Å². The molecule has 8 heteroatoms. The number of nitrogens with one attached hydrogen (secondary N) is 1. The number of ether oxygens (including phenoxy) is 2. The molecule has 0 bridgehead atoms. The Morgan fingerprint density at radius 3 is 2.88 bits per heavy atom. The van der Waals surface area contributed by atoms with Gasteiger partial charge in [-0.05, 0) is 18.2 Å². The predicted molar refractivity (Wildman–Crippen MR) is 88.8 cm³/mol. The minimum Gasteiger partial charge on any atom is -0.481 e. The number of hydrogen-bond donors (Lipinski definition) is 1. The quantitative estimate of drug-likeness (QED) is 0.846. The maximum absolute atomic E-state index is 13.4.